The summed E-state index contributed by atoms with van der Waals surface area (Å²) < 4.78 is 11.9. The van der Waals surface area contributed by atoms with Crippen molar-refractivity contribution in [3.05, 3.63) is 63.3 Å². The lowest BCUT2D eigenvalue weighted by molar-refractivity contribution is 0.0376. The van der Waals surface area contributed by atoms with Crippen molar-refractivity contribution >= 4 is 68.2 Å². The van der Waals surface area contributed by atoms with Gasteiger partial charge in [-0.05, 0) is 44.0 Å². The Bertz CT molecular complexity index is 1400. The molecule has 0 atom stereocenters. The molecule has 2 aromatic heterocycles. The number of ether oxygens (including phenoxy) is 1. The van der Waals surface area contributed by atoms with Crippen LogP contribution in [0.4, 0.5) is 5.13 Å². The van der Waals surface area contributed by atoms with Gasteiger partial charge in [-0.1, -0.05) is 57.9 Å². The van der Waals surface area contributed by atoms with Gasteiger partial charge < -0.3 is 9.26 Å². The number of thiazole rings is 1. The highest BCUT2D eigenvalue weighted by atomic mass is 35.5. The molecule has 0 N–H and O–H groups in total. The van der Waals surface area contributed by atoms with Gasteiger partial charge in [-0.3, -0.25) is 14.6 Å². The minimum atomic E-state index is -0.214. The van der Waals surface area contributed by atoms with E-state index in [1.54, 1.807) is 17.9 Å². The maximum absolute atomic E-state index is 14.1. The van der Waals surface area contributed by atoms with Gasteiger partial charge in [0, 0.05) is 36.8 Å². The number of halogens is 3. The number of amides is 1. The maximum atomic E-state index is 14.1. The lowest BCUT2D eigenvalue weighted by Gasteiger charge is -2.27. The van der Waals surface area contributed by atoms with Gasteiger partial charge in [-0.2, -0.15) is 0 Å². The smallest absolute Gasteiger partial charge is 0.265 e. The number of anilines is 1. The maximum Gasteiger partial charge on any atom is 0.265 e. The summed E-state index contributed by atoms with van der Waals surface area (Å²) >= 11 is 14.3. The van der Waals surface area contributed by atoms with Gasteiger partial charge in [0.2, 0.25) is 0 Å². The van der Waals surface area contributed by atoms with Gasteiger partial charge in [0.05, 0.1) is 28.5 Å². The van der Waals surface area contributed by atoms with Crippen molar-refractivity contribution in [1.29, 1.82) is 0 Å². The molecule has 1 amide bonds. The largest absolute Gasteiger partial charge is 0.379 e. The van der Waals surface area contributed by atoms with Crippen molar-refractivity contribution in [3.8, 4) is 11.3 Å². The zero-order valence-corrected chi connectivity index (χ0v) is 23.6. The highest BCUT2D eigenvalue weighted by Gasteiger charge is 2.30. The molecule has 7 nitrogen and oxygen atoms in total. The minimum absolute atomic E-state index is 0. The Kier molecular flexibility index (Phi) is 9.11. The van der Waals surface area contributed by atoms with E-state index < -0.39 is 0 Å². The number of aromatic nitrogens is 2. The van der Waals surface area contributed by atoms with Crippen LogP contribution in [0, 0.1) is 13.8 Å². The first-order valence-corrected chi connectivity index (χ1v) is 13.4. The molecule has 5 rings (SSSR count). The zero-order chi connectivity index (χ0) is 25.2. The van der Waals surface area contributed by atoms with Gasteiger partial charge in [-0.15, -0.1) is 12.4 Å². The van der Waals surface area contributed by atoms with E-state index in [1.807, 2.05) is 37.3 Å². The minimum Gasteiger partial charge on any atom is -0.379 e. The molecule has 0 aliphatic carbocycles. The molecule has 3 heterocycles. The molecule has 1 aliphatic heterocycles. The Morgan fingerprint density at radius 1 is 1.11 bits per heavy atom. The van der Waals surface area contributed by atoms with Crippen LogP contribution in [0.15, 0.2) is 40.9 Å². The van der Waals surface area contributed by atoms with Gasteiger partial charge in [0.15, 0.2) is 5.13 Å². The molecule has 0 radical (unpaired) electrons. The van der Waals surface area contributed by atoms with Crippen LogP contribution in [0.3, 0.4) is 0 Å². The first kappa shape index (κ1) is 27.8. The number of carbonyl (C=O) groups excluding carboxylic acids is 1. The van der Waals surface area contributed by atoms with E-state index in [9.17, 15) is 4.79 Å². The van der Waals surface area contributed by atoms with Crippen LogP contribution in [0.1, 0.15) is 28.1 Å². The summed E-state index contributed by atoms with van der Waals surface area (Å²) in [5, 5.41) is 5.98. The molecular formula is C26H27Cl3N4O3S. The van der Waals surface area contributed by atoms with E-state index in [0.717, 1.165) is 55.0 Å². The van der Waals surface area contributed by atoms with Crippen LogP contribution in [-0.2, 0) is 4.74 Å². The highest BCUT2D eigenvalue weighted by molar-refractivity contribution is 7.22. The standard InChI is InChI=1S/C26H26Cl2N4O3S.ClH/c1-16-19(27)8-9-21-23(16)29-26(36-21)32(11-5-10-31-12-14-34-15-13-31)25(33)22-17(2)35-30-24(22)18-6-3-4-7-20(18)28;/h3-4,6-9H,5,10-15H2,1-2H3;1H. The number of hydrogen-bond acceptors (Lipinski definition) is 7. The van der Waals surface area contributed by atoms with Crippen LogP contribution in [-0.4, -0.2) is 60.3 Å². The second-order valence-corrected chi connectivity index (χ2v) is 10.5. The van der Waals surface area contributed by atoms with E-state index in [0.29, 0.717) is 44.3 Å². The summed E-state index contributed by atoms with van der Waals surface area (Å²) in [4.78, 5) is 23.1. The molecule has 0 unspecified atom stereocenters. The zero-order valence-electron chi connectivity index (χ0n) is 20.5. The molecule has 1 fully saturated rings. The summed E-state index contributed by atoms with van der Waals surface area (Å²) in [5.41, 5.74) is 3.18. The third-order valence-corrected chi connectivity index (χ3v) is 8.16. The Morgan fingerprint density at radius 3 is 2.62 bits per heavy atom. The van der Waals surface area contributed by atoms with E-state index in [1.165, 1.54) is 11.3 Å². The average molecular weight is 582 g/mol. The molecular weight excluding hydrogens is 555 g/mol. The summed E-state index contributed by atoms with van der Waals surface area (Å²) in [5.74, 6) is 0.224. The van der Waals surface area contributed by atoms with Gasteiger partial charge in [-0.25, -0.2) is 4.98 Å². The third-order valence-electron chi connectivity index (χ3n) is 6.38. The molecule has 0 saturated carbocycles. The summed E-state index contributed by atoms with van der Waals surface area (Å²) in [7, 11) is 0. The average Bonchev–Trinajstić information content (AvgIpc) is 3.49. The van der Waals surface area contributed by atoms with Crippen LogP contribution < -0.4 is 4.90 Å². The van der Waals surface area contributed by atoms with E-state index >= 15 is 0 Å². The number of fused-ring (bicyclic) bond motifs is 1. The lowest BCUT2D eigenvalue weighted by Crippen LogP contribution is -2.39. The first-order valence-electron chi connectivity index (χ1n) is 11.8. The second kappa shape index (κ2) is 12.1. The predicted octanol–water partition coefficient (Wildman–Crippen LogP) is 6.67. The highest BCUT2D eigenvalue weighted by Crippen LogP contribution is 2.36. The molecule has 1 aliphatic rings. The molecule has 37 heavy (non-hydrogen) atoms. The molecule has 2 aromatic carbocycles. The van der Waals surface area contributed by atoms with Crippen molar-refractivity contribution < 1.29 is 14.1 Å². The molecule has 4 aromatic rings. The third kappa shape index (κ3) is 5.79. The molecule has 0 bridgehead atoms. The molecule has 1 saturated heterocycles. The fourth-order valence-corrected chi connectivity index (χ4v) is 5.79. The Labute approximate surface area is 235 Å². The summed E-state index contributed by atoms with van der Waals surface area (Å²) in [6.45, 7) is 8.32. The quantitative estimate of drug-likeness (QED) is 0.243. The van der Waals surface area contributed by atoms with Gasteiger partial charge in [0.25, 0.3) is 5.91 Å². The van der Waals surface area contributed by atoms with E-state index in [4.69, 9.17) is 37.4 Å². The lowest BCUT2D eigenvalue weighted by atomic mass is 10.0. The fourth-order valence-electron chi connectivity index (χ4n) is 4.36. The van der Waals surface area contributed by atoms with Crippen molar-refractivity contribution in [3.63, 3.8) is 0 Å². The first-order chi connectivity index (χ1) is 17.4. The number of hydrogen-bond donors (Lipinski definition) is 0. The Balaban J connectivity index is 0.00000320. The number of morpholine rings is 1. The number of carbonyl (C=O) groups is 1. The van der Waals surface area contributed by atoms with Crippen molar-refractivity contribution in [2.24, 2.45) is 0 Å². The number of nitrogens with zero attached hydrogens (tertiary/aromatic N) is 4. The van der Waals surface area contributed by atoms with Crippen molar-refractivity contribution in [2.75, 3.05) is 44.3 Å². The van der Waals surface area contributed by atoms with Crippen LogP contribution in [0.2, 0.25) is 10.0 Å². The number of benzene rings is 2. The predicted molar refractivity (Wildman–Crippen MR) is 152 cm³/mol. The second-order valence-electron chi connectivity index (χ2n) is 8.72. The Hall–Kier alpha value is -2.20. The van der Waals surface area contributed by atoms with Gasteiger partial charge in [0.1, 0.15) is 17.0 Å². The summed E-state index contributed by atoms with van der Waals surface area (Å²) in [6.07, 6.45) is 0.785. The topological polar surface area (TPSA) is 71.7 Å². The molecule has 11 heteroatoms. The van der Waals surface area contributed by atoms with Gasteiger partial charge >= 0.3 is 0 Å². The summed E-state index contributed by atoms with van der Waals surface area (Å²) in [6, 6.07) is 11.1. The monoisotopic (exact) mass is 580 g/mol. The van der Waals surface area contributed by atoms with Crippen molar-refractivity contribution in [2.45, 2.75) is 20.3 Å². The van der Waals surface area contributed by atoms with Crippen LogP contribution in [0.5, 0.6) is 0 Å². The van der Waals surface area contributed by atoms with E-state index in [-0.39, 0.29) is 18.3 Å². The SMILES string of the molecule is Cc1onc(-c2ccccc2Cl)c1C(=O)N(CCCN1CCOCC1)c1nc2c(C)c(Cl)ccc2s1.Cl. The number of rotatable bonds is 7. The molecule has 196 valence electrons. The number of aryl methyl sites for hydroxylation is 2. The normalized spacial score (nSPS) is 14.1. The van der Waals surface area contributed by atoms with Crippen LogP contribution >= 0.6 is 46.9 Å². The van der Waals surface area contributed by atoms with Crippen LogP contribution in [0.25, 0.3) is 21.5 Å². The Morgan fingerprint density at radius 2 is 1.86 bits per heavy atom. The fraction of sp³-hybridized carbons (Fsp3) is 0.346. The van der Waals surface area contributed by atoms with Crippen molar-refractivity contribution in [1.82, 2.24) is 15.0 Å². The molecule has 0 spiro atoms. The van der Waals surface area contributed by atoms with E-state index in [2.05, 4.69) is 10.1 Å².